The van der Waals surface area contributed by atoms with Gasteiger partial charge in [0.25, 0.3) is 0 Å². The SMILES string of the molecule is CCCCOCCCNC(=O)Cc1ccc(Br)s1. The van der Waals surface area contributed by atoms with E-state index in [1.165, 1.54) is 0 Å². The highest BCUT2D eigenvalue weighted by atomic mass is 79.9. The Bertz CT molecular complexity index is 355. The lowest BCUT2D eigenvalue weighted by Crippen LogP contribution is -2.26. The highest BCUT2D eigenvalue weighted by Gasteiger charge is 2.04. The fourth-order valence-corrected chi connectivity index (χ4v) is 2.90. The normalized spacial score (nSPS) is 10.6. The van der Waals surface area contributed by atoms with Crippen LogP contribution >= 0.6 is 27.3 Å². The van der Waals surface area contributed by atoms with Crippen LogP contribution in [-0.2, 0) is 16.0 Å². The molecular formula is C13H20BrNO2S. The van der Waals surface area contributed by atoms with Crippen LogP contribution in [0, 0.1) is 0 Å². The Morgan fingerprint density at radius 3 is 2.83 bits per heavy atom. The summed E-state index contributed by atoms with van der Waals surface area (Å²) in [6.07, 6.45) is 3.61. The van der Waals surface area contributed by atoms with Crippen LogP contribution in [-0.4, -0.2) is 25.7 Å². The zero-order valence-electron chi connectivity index (χ0n) is 10.7. The van der Waals surface area contributed by atoms with Gasteiger partial charge >= 0.3 is 0 Å². The highest BCUT2D eigenvalue weighted by Crippen LogP contribution is 2.22. The number of hydrogen-bond donors (Lipinski definition) is 1. The third kappa shape index (κ3) is 7.13. The summed E-state index contributed by atoms with van der Waals surface area (Å²) < 4.78 is 6.49. The van der Waals surface area contributed by atoms with Gasteiger partial charge in [-0.25, -0.2) is 0 Å². The molecule has 3 nitrogen and oxygen atoms in total. The number of nitrogens with one attached hydrogen (secondary N) is 1. The van der Waals surface area contributed by atoms with Crippen molar-refractivity contribution in [1.29, 1.82) is 0 Å². The van der Waals surface area contributed by atoms with Gasteiger partial charge in [-0.3, -0.25) is 4.79 Å². The lowest BCUT2D eigenvalue weighted by Gasteiger charge is -2.05. The van der Waals surface area contributed by atoms with Gasteiger partial charge in [0.15, 0.2) is 0 Å². The van der Waals surface area contributed by atoms with Gasteiger partial charge in [-0.05, 0) is 40.9 Å². The standard InChI is InChI=1S/C13H20BrNO2S/c1-2-3-8-17-9-4-7-15-13(16)10-11-5-6-12(14)18-11/h5-6H,2-4,7-10H2,1H3,(H,15,16). The van der Waals surface area contributed by atoms with E-state index in [2.05, 4.69) is 28.2 Å². The molecule has 0 aliphatic rings. The molecule has 0 aliphatic heterocycles. The van der Waals surface area contributed by atoms with E-state index in [1.54, 1.807) is 11.3 Å². The highest BCUT2D eigenvalue weighted by molar-refractivity contribution is 9.11. The van der Waals surface area contributed by atoms with E-state index < -0.39 is 0 Å². The first-order chi connectivity index (χ1) is 8.72. The number of unbranched alkanes of at least 4 members (excludes halogenated alkanes) is 1. The van der Waals surface area contributed by atoms with Gasteiger partial charge in [0.05, 0.1) is 10.2 Å². The summed E-state index contributed by atoms with van der Waals surface area (Å²) in [5.41, 5.74) is 0. The van der Waals surface area contributed by atoms with E-state index in [1.807, 2.05) is 12.1 Å². The van der Waals surface area contributed by atoms with Crippen molar-refractivity contribution in [2.45, 2.75) is 32.6 Å². The molecule has 0 spiro atoms. The van der Waals surface area contributed by atoms with Gasteiger partial charge in [-0.2, -0.15) is 0 Å². The van der Waals surface area contributed by atoms with E-state index in [-0.39, 0.29) is 5.91 Å². The lowest BCUT2D eigenvalue weighted by atomic mass is 10.3. The molecule has 1 heterocycles. The van der Waals surface area contributed by atoms with E-state index in [4.69, 9.17) is 4.74 Å². The Morgan fingerprint density at radius 2 is 2.17 bits per heavy atom. The van der Waals surface area contributed by atoms with Gasteiger partial charge in [-0.15, -0.1) is 11.3 Å². The molecule has 0 bridgehead atoms. The monoisotopic (exact) mass is 333 g/mol. The molecule has 1 aromatic heterocycles. The topological polar surface area (TPSA) is 38.3 Å². The van der Waals surface area contributed by atoms with Crippen molar-refractivity contribution in [3.05, 3.63) is 20.8 Å². The van der Waals surface area contributed by atoms with Gasteiger partial charge in [0.1, 0.15) is 0 Å². The molecule has 5 heteroatoms. The molecule has 1 N–H and O–H groups in total. The predicted octanol–water partition coefficient (Wildman–Crippen LogP) is 3.38. The van der Waals surface area contributed by atoms with Crippen LogP contribution in [0.3, 0.4) is 0 Å². The molecule has 1 aromatic rings. The molecule has 0 saturated heterocycles. The fourth-order valence-electron chi connectivity index (χ4n) is 1.42. The molecular weight excluding hydrogens is 314 g/mol. The maximum absolute atomic E-state index is 11.6. The second-order valence-corrected chi connectivity index (χ2v) is 6.60. The van der Waals surface area contributed by atoms with Crippen LogP contribution < -0.4 is 5.32 Å². The largest absolute Gasteiger partial charge is 0.381 e. The maximum atomic E-state index is 11.6. The van der Waals surface area contributed by atoms with E-state index in [0.717, 1.165) is 41.1 Å². The molecule has 18 heavy (non-hydrogen) atoms. The van der Waals surface area contributed by atoms with Crippen molar-refractivity contribution in [1.82, 2.24) is 5.32 Å². The molecule has 0 saturated carbocycles. The second-order valence-electron chi connectivity index (χ2n) is 4.05. The second kappa shape index (κ2) is 9.53. The number of amides is 1. The van der Waals surface area contributed by atoms with Crippen molar-refractivity contribution in [2.24, 2.45) is 0 Å². The molecule has 1 rings (SSSR count). The number of halogens is 1. The van der Waals surface area contributed by atoms with Crippen molar-refractivity contribution in [3.63, 3.8) is 0 Å². The fraction of sp³-hybridized carbons (Fsp3) is 0.615. The third-order valence-corrected chi connectivity index (χ3v) is 4.02. The molecule has 1 amide bonds. The quantitative estimate of drug-likeness (QED) is 0.703. The summed E-state index contributed by atoms with van der Waals surface area (Å²) in [6.45, 7) is 4.39. The van der Waals surface area contributed by atoms with Crippen LogP contribution in [0.1, 0.15) is 31.1 Å². The van der Waals surface area contributed by atoms with Gasteiger partial charge in [0.2, 0.25) is 5.91 Å². The number of hydrogen-bond acceptors (Lipinski definition) is 3. The first-order valence-corrected chi connectivity index (χ1v) is 7.92. The summed E-state index contributed by atoms with van der Waals surface area (Å²) in [5, 5.41) is 2.90. The molecule has 0 aromatic carbocycles. The summed E-state index contributed by atoms with van der Waals surface area (Å²) in [6, 6.07) is 3.94. The first kappa shape index (κ1) is 15.7. The third-order valence-electron chi connectivity index (χ3n) is 2.39. The molecule has 102 valence electrons. The minimum atomic E-state index is 0.0814. The number of carbonyl (C=O) groups excluding carboxylic acids is 1. The van der Waals surface area contributed by atoms with Crippen molar-refractivity contribution < 1.29 is 9.53 Å². The Morgan fingerprint density at radius 1 is 1.39 bits per heavy atom. The summed E-state index contributed by atoms with van der Waals surface area (Å²) in [4.78, 5) is 12.7. The van der Waals surface area contributed by atoms with Gasteiger partial charge < -0.3 is 10.1 Å². The van der Waals surface area contributed by atoms with Crippen molar-refractivity contribution >= 4 is 33.2 Å². The van der Waals surface area contributed by atoms with Crippen LogP contribution in [0.4, 0.5) is 0 Å². The molecule has 0 unspecified atom stereocenters. The summed E-state index contributed by atoms with van der Waals surface area (Å²) in [5.74, 6) is 0.0814. The predicted molar refractivity (Wildman–Crippen MR) is 79.1 cm³/mol. The molecule has 0 aliphatic carbocycles. The van der Waals surface area contributed by atoms with Crippen molar-refractivity contribution in [3.8, 4) is 0 Å². The Hall–Kier alpha value is -0.390. The van der Waals surface area contributed by atoms with E-state index >= 15 is 0 Å². The zero-order chi connectivity index (χ0) is 13.2. The van der Waals surface area contributed by atoms with Crippen LogP contribution in [0.15, 0.2) is 15.9 Å². The average molecular weight is 334 g/mol. The number of thiophene rings is 1. The van der Waals surface area contributed by atoms with Crippen molar-refractivity contribution in [2.75, 3.05) is 19.8 Å². The molecule has 0 fully saturated rings. The lowest BCUT2D eigenvalue weighted by molar-refractivity contribution is -0.120. The van der Waals surface area contributed by atoms with E-state index in [0.29, 0.717) is 13.0 Å². The minimum absolute atomic E-state index is 0.0814. The van der Waals surface area contributed by atoms with Crippen LogP contribution in [0.2, 0.25) is 0 Å². The Balaban J connectivity index is 2.00. The zero-order valence-corrected chi connectivity index (χ0v) is 13.1. The summed E-state index contributed by atoms with van der Waals surface area (Å²) in [7, 11) is 0. The van der Waals surface area contributed by atoms with Gasteiger partial charge in [0, 0.05) is 24.6 Å². The van der Waals surface area contributed by atoms with E-state index in [9.17, 15) is 4.79 Å². The smallest absolute Gasteiger partial charge is 0.225 e. The molecule has 0 atom stereocenters. The Labute approximate surface area is 121 Å². The number of ether oxygens (including phenoxy) is 1. The first-order valence-electron chi connectivity index (χ1n) is 6.31. The maximum Gasteiger partial charge on any atom is 0.225 e. The number of rotatable bonds is 9. The van der Waals surface area contributed by atoms with Crippen LogP contribution in [0.25, 0.3) is 0 Å². The Kier molecular flexibility index (Phi) is 8.29. The average Bonchev–Trinajstić information content (AvgIpc) is 2.73. The van der Waals surface area contributed by atoms with Gasteiger partial charge in [-0.1, -0.05) is 13.3 Å². The summed E-state index contributed by atoms with van der Waals surface area (Å²) >= 11 is 4.99. The minimum Gasteiger partial charge on any atom is -0.381 e. The molecule has 0 radical (unpaired) electrons. The number of carbonyl (C=O) groups is 1. The van der Waals surface area contributed by atoms with Crippen LogP contribution in [0.5, 0.6) is 0 Å².